The molecule has 2 rings (SSSR count). The first-order valence-electron chi connectivity index (χ1n) is 5.92. The molecule has 94 valence electrons. The van der Waals surface area contributed by atoms with E-state index in [2.05, 4.69) is 27.9 Å². The molecule has 1 heterocycles. The minimum absolute atomic E-state index is 0.279. The van der Waals surface area contributed by atoms with Crippen molar-refractivity contribution in [1.29, 1.82) is 0 Å². The minimum atomic E-state index is 0.279. The third-order valence-corrected chi connectivity index (χ3v) is 4.33. The van der Waals surface area contributed by atoms with Crippen molar-refractivity contribution >= 4 is 15.9 Å². The standard InChI is InChI=1S/C13H19BrN2O/c1-8-3-4-10(14)13(17)12(8)11-5-9(6-15)7-16(11)2/h3-4,9,11,17H,5-7,15H2,1-2H3. The van der Waals surface area contributed by atoms with Gasteiger partial charge in [0.25, 0.3) is 0 Å². The fourth-order valence-corrected chi connectivity index (χ4v) is 3.06. The molecule has 1 aromatic carbocycles. The van der Waals surface area contributed by atoms with Gasteiger partial charge in [0.05, 0.1) is 4.47 Å². The second kappa shape index (κ2) is 4.96. The van der Waals surface area contributed by atoms with Gasteiger partial charge in [0.2, 0.25) is 0 Å². The number of phenolic OH excluding ortho intramolecular Hbond substituents is 1. The Morgan fingerprint density at radius 2 is 2.24 bits per heavy atom. The Labute approximate surface area is 111 Å². The van der Waals surface area contributed by atoms with Crippen LogP contribution in [0.1, 0.15) is 23.6 Å². The lowest BCUT2D eigenvalue weighted by Gasteiger charge is -2.23. The number of aromatic hydroxyl groups is 1. The molecule has 1 fully saturated rings. The lowest BCUT2D eigenvalue weighted by atomic mass is 9.95. The molecule has 1 aliphatic heterocycles. The van der Waals surface area contributed by atoms with E-state index >= 15 is 0 Å². The molecule has 0 aromatic heterocycles. The number of nitrogens with zero attached hydrogens (tertiary/aromatic N) is 1. The van der Waals surface area contributed by atoms with E-state index in [4.69, 9.17) is 5.73 Å². The molecule has 1 aliphatic rings. The maximum Gasteiger partial charge on any atom is 0.134 e. The Bertz CT molecular complexity index is 422. The molecule has 3 nitrogen and oxygen atoms in total. The largest absolute Gasteiger partial charge is 0.506 e. The van der Waals surface area contributed by atoms with Crippen LogP contribution >= 0.6 is 15.9 Å². The van der Waals surface area contributed by atoms with Gasteiger partial charge in [-0.05, 0) is 60.4 Å². The van der Waals surface area contributed by atoms with Crippen molar-refractivity contribution in [3.8, 4) is 5.75 Å². The van der Waals surface area contributed by atoms with Gasteiger partial charge in [-0.3, -0.25) is 4.90 Å². The highest BCUT2D eigenvalue weighted by Crippen LogP contribution is 2.42. The SMILES string of the molecule is Cc1ccc(Br)c(O)c1C1CC(CN)CN1C. The number of benzene rings is 1. The van der Waals surface area contributed by atoms with Crippen LogP contribution in [0.2, 0.25) is 0 Å². The summed E-state index contributed by atoms with van der Waals surface area (Å²) in [6, 6.07) is 4.22. The van der Waals surface area contributed by atoms with Gasteiger partial charge in [-0.2, -0.15) is 0 Å². The Hall–Kier alpha value is -0.580. The van der Waals surface area contributed by atoms with Crippen LogP contribution in [-0.2, 0) is 0 Å². The fraction of sp³-hybridized carbons (Fsp3) is 0.538. The smallest absolute Gasteiger partial charge is 0.134 e. The van der Waals surface area contributed by atoms with Crippen molar-refractivity contribution in [2.24, 2.45) is 11.7 Å². The molecule has 0 spiro atoms. The molecule has 3 N–H and O–H groups in total. The van der Waals surface area contributed by atoms with E-state index in [1.807, 2.05) is 19.1 Å². The van der Waals surface area contributed by atoms with E-state index in [-0.39, 0.29) is 6.04 Å². The molecule has 0 amide bonds. The number of nitrogens with two attached hydrogens (primary N) is 1. The molecule has 1 saturated heterocycles. The maximum absolute atomic E-state index is 10.2. The third-order valence-electron chi connectivity index (χ3n) is 3.69. The summed E-state index contributed by atoms with van der Waals surface area (Å²) in [5.74, 6) is 0.905. The van der Waals surface area contributed by atoms with Crippen molar-refractivity contribution in [2.45, 2.75) is 19.4 Å². The van der Waals surface area contributed by atoms with Crippen molar-refractivity contribution in [1.82, 2.24) is 4.90 Å². The summed E-state index contributed by atoms with van der Waals surface area (Å²) in [7, 11) is 2.10. The molecule has 0 aliphatic carbocycles. The van der Waals surface area contributed by atoms with Gasteiger partial charge >= 0.3 is 0 Å². The van der Waals surface area contributed by atoms with Crippen molar-refractivity contribution in [3.63, 3.8) is 0 Å². The fourth-order valence-electron chi connectivity index (χ4n) is 2.72. The van der Waals surface area contributed by atoms with E-state index in [1.165, 1.54) is 0 Å². The van der Waals surface area contributed by atoms with Gasteiger partial charge in [0.1, 0.15) is 5.75 Å². The molecule has 17 heavy (non-hydrogen) atoms. The summed E-state index contributed by atoms with van der Waals surface area (Å²) in [6.07, 6.45) is 1.03. The number of rotatable bonds is 2. The number of hydrogen-bond donors (Lipinski definition) is 2. The highest BCUT2D eigenvalue weighted by molar-refractivity contribution is 9.10. The van der Waals surface area contributed by atoms with Crippen LogP contribution in [0.3, 0.4) is 0 Å². The number of likely N-dealkylation sites (tertiary alicyclic amines) is 1. The predicted octanol–water partition coefficient (Wildman–Crippen LogP) is 2.41. The zero-order chi connectivity index (χ0) is 12.6. The van der Waals surface area contributed by atoms with Crippen LogP contribution in [0, 0.1) is 12.8 Å². The molecular formula is C13H19BrN2O. The first-order valence-corrected chi connectivity index (χ1v) is 6.72. The monoisotopic (exact) mass is 298 g/mol. The summed E-state index contributed by atoms with van der Waals surface area (Å²) >= 11 is 3.39. The normalized spacial score (nSPS) is 25.4. The Morgan fingerprint density at radius 3 is 2.82 bits per heavy atom. The topological polar surface area (TPSA) is 49.5 Å². The molecule has 4 heteroatoms. The van der Waals surface area contributed by atoms with Crippen LogP contribution in [-0.4, -0.2) is 30.1 Å². The van der Waals surface area contributed by atoms with Gasteiger partial charge in [-0.15, -0.1) is 0 Å². The average Bonchev–Trinajstić information content (AvgIpc) is 2.66. The predicted molar refractivity (Wildman–Crippen MR) is 73.1 cm³/mol. The van der Waals surface area contributed by atoms with Crippen LogP contribution < -0.4 is 5.73 Å². The molecule has 1 aromatic rings. The van der Waals surface area contributed by atoms with Gasteiger partial charge in [0.15, 0.2) is 0 Å². The van der Waals surface area contributed by atoms with E-state index < -0.39 is 0 Å². The Balaban J connectivity index is 2.37. The van der Waals surface area contributed by atoms with E-state index in [0.29, 0.717) is 18.2 Å². The summed E-state index contributed by atoms with van der Waals surface area (Å²) in [5, 5.41) is 10.2. The van der Waals surface area contributed by atoms with Gasteiger partial charge in [-0.25, -0.2) is 0 Å². The molecule has 0 saturated carbocycles. The van der Waals surface area contributed by atoms with Gasteiger partial charge in [-0.1, -0.05) is 6.07 Å². The van der Waals surface area contributed by atoms with Crippen LogP contribution in [0.15, 0.2) is 16.6 Å². The molecule has 0 radical (unpaired) electrons. The number of phenols is 1. The van der Waals surface area contributed by atoms with E-state index in [0.717, 1.165) is 28.6 Å². The first-order chi connectivity index (χ1) is 8.04. The third kappa shape index (κ3) is 2.34. The zero-order valence-electron chi connectivity index (χ0n) is 10.3. The number of aryl methyl sites for hydroxylation is 1. The van der Waals surface area contributed by atoms with E-state index in [9.17, 15) is 5.11 Å². The van der Waals surface area contributed by atoms with Crippen molar-refractivity contribution in [2.75, 3.05) is 20.1 Å². The number of halogens is 1. The lowest BCUT2D eigenvalue weighted by molar-refractivity contribution is 0.304. The Kier molecular flexibility index (Phi) is 3.76. The summed E-state index contributed by atoms with van der Waals surface area (Å²) in [6.45, 7) is 3.77. The molecule has 2 atom stereocenters. The van der Waals surface area contributed by atoms with Gasteiger partial charge < -0.3 is 10.8 Å². The molecule has 0 bridgehead atoms. The highest BCUT2D eigenvalue weighted by Gasteiger charge is 2.32. The zero-order valence-corrected chi connectivity index (χ0v) is 11.9. The Morgan fingerprint density at radius 1 is 1.53 bits per heavy atom. The highest BCUT2D eigenvalue weighted by atomic mass is 79.9. The summed E-state index contributed by atoms with van der Waals surface area (Å²) in [5.41, 5.74) is 7.92. The van der Waals surface area contributed by atoms with Crippen LogP contribution in [0.4, 0.5) is 0 Å². The molecular weight excluding hydrogens is 280 g/mol. The van der Waals surface area contributed by atoms with Crippen LogP contribution in [0.5, 0.6) is 5.75 Å². The van der Waals surface area contributed by atoms with Crippen molar-refractivity contribution < 1.29 is 5.11 Å². The van der Waals surface area contributed by atoms with Crippen LogP contribution in [0.25, 0.3) is 0 Å². The second-order valence-corrected chi connectivity index (χ2v) is 5.77. The number of hydrogen-bond acceptors (Lipinski definition) is 3. The summed E-state index contributed by atoms with van der Waals surface area (Å²) in [4.78, 5) is 2.28. The second-order valence-electron chi connectivity index (χ2n) is 4.92. The summed E-state index contributed by atoms with van der Waals surface area (Å²) < 4.78 is 0.766. The maximum atomic E-state index is 10.2. The first kappa shape index (κ1) is 12.9. The average molecular weight is 299 g/mol. The van der Waals surface area contributed by atoms with Crippen molar-refractivity contribution in [3.05, 3.63) is 27.7 Å². The van der Waals surface area contributed by atoms with Gasteiger partial charge in [0, 0.05) is 18.2 Å². The molecule has 2 unspecified atom stereocenters. The van der Waals surface area contributed by atoms with E-state index in [1.54, 1.807) is 0 Å². The minimum Gasteiger partial charge on any atom is -0.506 e. The quantitative estimate of drug-likeness (QED) is 0.881. The lowest BCUT2D eigenvalue weighted by Crippen LogP contribution is -2.21.